The summed E-state index contributed by atoms with van der Waals surface area (Å²) in [6, 6.07) is 8.22. The average Bonchev–Trinajstić information content (AvgIpc) is 3.15. The highest BCUT2D eigenvalue weighted by Gasteiger charge is 2.23. The Morgan fingerprint density at radius 1 is 1.22 bits per heavy atom. The molecule has 2 aromatic carbocycles. The van der Waals surface area contributed by atoms with E-state index in [1.54, 1.807) is 13.0 Å². The van der Waals surface area contributed by atoms with Crippen LogP contribution in [-0.2, 0) is 16.1 Å². The number of amides is 2. The van der Waals surface area contributed by atoms with Gasteiger partial charge in [-0.1, -0.05) is 18.2 Å². The number of carbonyl (C=O) groups excluding carboxylic acids is 2. The summed E-state index contributed by atoms with van der Waals surface area (Å²) < 4.78 is 32.7. The maximum Gasteiger partial charge on any atom is 0.214 e. The first kappa shape index (κ1) is 19.3. The molecule has 8 heteroatoms. The van der Waals surface area contributed by atoms with E-state index in [1.165, 1.54) is 24.1 Å². The lowest BCUT2D eigenvalue weighted by atomic mass is 10.0. The molecule has 0 spiro atoms. The Bertz CT molecular complexity index is 863. The lowest BCUT2D eigenvalue weighted by Gasteiger charge is -2.21. The van der Waals surface area contributed by atoms with Crippen molar-refractivity contribution < 1.29 is 18.4 Å². The molecule has 2 amide bonds. The van der Waals surface area contributed by atoms with Gasteiger partial charge in [0, 0.05) is 29.6 Å². The first-order chi connectivity index (χ1) is 13.1. The molecule has 0 radical (unpaired) electrons. The van der Waals surface area contributed by atoms with Crippen molar-refractivity contribution in [3.63, 3.8) is 0 Å². The smallest absolute Gasteiger partial charge is 0.214 e. The van der Waals surface area contributed by atoms with Gasteiger partial charge in [0.1, 0.15) is 0 Å². The van der Waals surface area contributed by atoms with Crippen LogP contribution in [0.15, 0.2) is 35.2 Å². The second kappa shape index (κ2) is 8.49. The Labute approximate surface area is 160 Å². The average molecular weight is 391 g/mol. The minimum atomic E-state index is -1.07. The Morgan fingerprint density at radius 3 is 2.78 bits per heavy atom. The molecule has 1 aliphatic heterocycles. The fourth-order valence-corrected chi connectivity index (χ4v) is 3.91. The Morgan fingerprint density at radius 2 is 2.04 bits per heavy atom. The molecule has 5 nitrogen and oxygen atoms in total. The molecule has 0 aliphatic carbocycles. The summed E-state index contributed by atoms with van der Waals surface area (Å²) >= 11 is 1.39. The van der Waals surface area contributed by atoms with Gasteiger partial charge in [-0.2, -0.15) is 0 Å². The van der Waals surface area contributed by atoms with Crippen LogP contribution in [0, 0.1) is 11.6 Å². The highest BCUT2D eigenvalue weighted by Crippen LogP contribution is 2.39. The maximum atomic E-state index is 14.8. The monoisotopic (exact) mass is 391 g/mol. The summed E-state index contributed by atoms with van der Waals surface area (Å²) in [5, 5.41) is 2.56. The van der Waals surface area contributed by atoms with Crippen LogP contribution in [-0.4, -0.2) is 25.4 Å². The van der Waals surface area contributed by atoms with Crippen LogP contribution < -0.4 is 14.9 Å². The third kappa shape index (κ3) is 3.96. The van der Waals surface area contributed by atoms with Crippen LogP contribution in [0.3, 0.4) is 0 Å². The summed E-state index contributed by atoms with van der Waals surface area (Å²) in [7, 11) is 0. The van der Waals surface area contributed by atoms with Crippen LogP contribution >= 0.6 is 11.9 Å². The van der Waals surface area contributed by atoms with Crippen molar-refractivity contribution in [1.29, 1.82) is 0 Å². The predicted molar refractivity (Wildman–Crippen MR) is 101 cm³/mol. The first-order valence-corrected chi connectivity index (χ1v) is 9.30. The zero-order valence-electron chi connectivity index (χ0n) is 14.7. The zero-order valence-corrected chi connectivity index (χ0v) is 15.5. The fraction of sp³-hybridized carbons (Fsp3) is 0.263. The van der Waals surface area contributed by atoms with E-state index in [1.807, 2.05) is 12.1 Å². The molecule has 142 valence electrons. The third-order valence-corrected chi connectivity index (χ3v) is 5.45. The number of fused-ring (bicyclic) bond motifs is 1. The van der Waals surface area contributed by atoms with E-state index in [0.717, 1.165) is 15.4 Å². The second-order valence-corrected chi connectivity index (χ2v) is 7.15. The molecule has 0 aromatic heterocycles. The van der Waals surface area contributed by atoms with Gasteiger partial charge >= 0.3 is 0 Å². The number of rotatable bonds is 8. The number of nitrogens with zero attached hydrogens (tertiary/aromatic N) is 1. The van der Waals surface area contributed by atoms with E-state index < -0.39 is 11.6 Å². The second-order valence-electron chi connectivity index (χ2n) is 6.25. The first-order valence-electron chi connectivity index (χ1n) is 8.48. The quantitative estimate of drug-likeness (QED) is 0.536. The van der Waals surface area contributed by atoms with Crippen molar-refractivity contribution in [2.24, 2.45) is 0 Å². The number of anilines is 1. The predicted octanol–water partition coefficient (Wildman–Crippen LogP) is 3.23. The highest BCUT2D eigenvalue weighted by atomic mass is 32.2. The molecular weight excluding hydrogens is 372 g/mol. The van der Waals surface area contributed by atoms with Crippen LogP contribution in [0.25, 0.3) is 11.1 Å². The zero-order chi connectivity index (χ0) is 19.4. The normalized spacial score (nSPS) is 13.7. The molecule has 0 saturated carbocycles. The summed E-state index contributed by atoms with van der Waals surface area (Å²) in [6.45, 7) is 2.59. The number of benzene rings is 2. The molecule has 0 fully saturated rings. The molecule has 1 heterocycles. The van der Waals surface area contributed by atoms with Crippen LogP contribution in [0.5, 0.6) is 0 Å². The van der Waals surface area contributed by atoms with E-state index in [9.17, 15) is 18.4 Å². The summed E-state index contributed by atoms with van der Waals surface area (Å²) in [4.78, 5) is 23.8. The molecule has 0 bridgehead atoms. The SMILES string of the molecule is CC(CCN(C=O)c1ccc(-c2cccc3c2SNC3)c(F)c1F)NC=O. The molecular formula is C19H19F2N3O2S. The van der Waals surface area contributed by atoms with Crippen molar-refractivity contribution in [1.82, 2.24) is 10.0 Å². The van der Waals surface area contributed by atoms with Gasteiger partial charge in [-0.05, 0) is 48.6 Å². The summed E-state index contributed by atoms with van der Waals surface area (Å²) in [5.74, 6) is -2.05. The standard InChI is InChI=1S/C19H19F2N3O2S/c1-12(22-10-25)7-8-24(11-26)16-6-5-14(17(20)18(16)21)15-4-2-3-13-9-23-27-19(13)15/h2-6,10-12,23H,7-9H2,1H3,(H,22,25). The van der Waals surface area contributed by atoms with E-state index in [2.05, 4.69) is 10.0 Å². The van der Waals surface area contributed by atoms with E-state index in [-0.39, 0.29) is 23.8 Å². The van der Waals surface area contributed by atoms with Crippen molar-refractivity contribution in [3.05, 3.63) is 47.5 Å². The minimum Gasteiger partial charge on any atom is -0.356 e. The molecule has 1 atom stereocenters. The lowest BCUT2D eigenvalue weighted by Crippen LogP contribution is -2.31. The Balaban J connectivity index is 1.90. The van der Waals surface area contributed by atoms with Gasteiger partial charge < -0.3 is 10.2 Å². The summed E-state index contributed by atoms with van der Waals surface area (Å²) in [6.07, 6.45) is 1.44. The van der Waals surface area contributed by atoms with E-state index in [4.69, 9.17) is 0 Å². The number of hydrogen-bond acceptors (Lipinski definition) is 4. The topological polar surface area (TPSA) is 61.4 Å². The number of nitrogens with one attached hydrogen (secondary N) is 2. The van der Waals surface area contributed by atoms with Gasteiger partial charge in [0.25, 0.3) is 0 Å². The van der Waals surface area contributed by atoms with Gasteiger partial charge in [-0.15, -0.1) is 0 Å². The third-order valence-electron chi connectivity index (χ3n) is 4.48. The van der Waals surface area contributed by atoms with Crippen LogP contribution in [0.1, 0.15) is 18.9 Å². The number of halogens is 2. The molecule has 27 heavy (non-hydrogen) atoms. The Kier molecular flexibility index (Phi) is 6.08. The van der Waals surface area contributed by atoms with Crippen molar-refractivity contribution >= 4 is 30.5 Å². The molecule has 3 rings (SSSR count). The lowest BCUT2D eigenvalue weighted by molar-refractivity contribution is -0.110. The van der Waals surface area contributed by atoms with Crippen LogP contribution in [0.4, 0.5) is 14.5 Å². The van der Waals surface area contributed by atoms with Gasteiger partial charge in [-0.25, -0.2) is 8.78 Å². The van der Waals surface area contributed by atoms with Crippen molar-refractivity contribution in [3.8, 4) is 11.1 Å². The summed E-state index contributed by atoms with van der Waals surface area (Å²) in [5.41, 5.74) is 1.69. The van der Waals surface area contributed by atoms with E-state index >= 15 is 0 Å². The number of hydrogen-bond donors (Lipinski definition) is 2. The molecule has 2 N–H and O–H groups in total. The largest absolute Gasteiger partial charge is 0.356 e. The molecule has 2 aromatic rings. The van der Waals surface area contributed by atoms with Crippen molar-refractivity contribution in [2.75, 3.05) is 11.4 Å². The molecule has 1 unspecified atom stereocenters. The van der Waals surface area contributed by atoms with Crippen molar-refractivity contribution in [2.45, 2.75) is 30.8 Å². The highest BCUT2D eigenvalue weighted by molar-refractivity contribution is 7.97. The number of carbonyl (C=O) groups is 2. The van der Waals surface area contributed by atoms with Gasteiger partial charge in [0.2, 0.25) is 12.8 Å². The maximum absolute atomic E-state index is 14.8. The molecule has 1 aliphatic rings. The molecule has 0 saturated heterocycles. The van der Waals surface area contributed by atoms with Gasteiger partial charge in [0.15, 0.2) is 11.6 Å². The Hall–Kier alpha value is -2.45. The van der Waals surface area contributed by atoms with Crippen LogP contribution in [0.2, 0.25) is 0 Å². The van der Waals surface area contributed by atoms with E-state index in [0.29, 0.717) is 31.3 Å². The fourth-order valence-electron chi connectivity index (χ4n) is 2.97. The minimum absolute atomic E-state index is 0.122. The van der Waals surface area contributed by atoms with Gasteiger partial charge in [0.05, 0.1) is 5.69 Å². The van der Waals surface area contributed by atoms with Gasteiger partial charge in [-0.3, -0.25) is 14.3 Å².